The fraction of sp³-hybridized carbons (Fsp3) is 0.957. The maximum atomic E-state index is 13.0. The molecular formula is C23H42O3. The molecule has 0 amide bonds. The van der Waals surface area contributed by atoms with Crippen LogP contribution in [0.25, 0.3) is 0 Å². The molecule has 3 atom stereocenters. The largest absolute Gasteiger partial charge is 0.438 e. The Morgan fingerprint density at radius 1 is 0.923 bits per heavy atom. The first-order valence-corrected chi connectivity index (χ1v) is 10.6. The molecule has 0 N–H and O–H groups in total. The lowest BCUT2D eigenvalue weighted by atomic mass is 9.55. The van der Waals surface area contributed by atoms with Crippen LogP contribution >= 0.6 is 0 Å². The summed E-state index contributed by atoms with van der Waals surface area (Å²) in [6, 6.07) is 0. The highest BCUT2D eigenvalue weighted by atomic mass is 16.7. The van der Waals surface area contributed by atoms with E-state index in [2.05, 4.69) is 48.5 Å². The Morgan fingerprint density at radius 2 is 1.42 bits per heavy atom. The average Bonchev–Trinajstić information content (AvgIpc) is 2.51. The molecule has 3 unspecified atom stereocenters. The van der Waals surface area contributed by atoms with Crippen LogP contribution in [0.1, 0.15) is 93.9 Å². The van der Waals surface area contributed by atoms with Gasteiger partial charge in [0, 0.05) is 0 Å². The Balaban J connectivity index is 1.89. The van der Waals surface area contributed by atoms with Crippen molar-refractivity contribution < 1.29 is 14.3 Å². The van der Waals surface area contributed by atoms with Crippen LogP contribution in [0.4, 0.5) is 0 Å². The summed E-state index contributed by atoms with van der Waals surface area (Å²) in [6.45, 7) is 17.0. The molecule has 0 radical (unpaired) electrons. The van der Waals surface area contributed by atoms with E-state index in [1.165, 1.54) is 38.5 Å². The normalized spacial score (nSPS) is 28.5. The van der Waals surface area contributed by atoms with Crippen LogP contribution in [-0.4, -0.2) is 18.9 Å². The minimum atomic E-state index is -0.575. The molecule has 0 aromatic heterocycles. The zero-order valence-corrected chi connectivity index (χ0v) is 18.5. The maximum absolute atomic E-state index is 13.0. The van der Waals surface area contributed by atoms with Crippen molar-refractivity contribution in [3.8, 4) is 0 Å². The highest BCUT2D eigenvalue weighted by molar-refractivity contribution is 5.78. The van der Waals surface area contributed by atoms with Crippen LogP contribution < -0.4 is 0 Å². The Labute approximate surface area is 161 Å². The van der Waals surface area contributed by atoms with Gasteiger partial charge in [0.25, 0.3) is 0 Å². The molecule has 2 fully saturated rings. The van der Waals surface area contributed by atoms with E-state index < -0.39 is 5.41 Å². The predicted molar refractivity (Wildman–Crippen MR) is 107 cm³/mol. The van der Waals surface area contributed by atoms with E-state index in [4.69, 9.17) is 9.47 Å². The van der Waals surface area contributed by atoms with Crippen molar-refractivity contribution in [3.05, 3.63) is 0 Å². The van der Waals surface area contributed by atoms with E-state index in [1.807, 2.05) is 6.92 Å². The summed E-state index contributed by atoms with van der Waals surface area (Å²) in [6.07, 6.45) is 8.36. The van der Waals surface area contributed by atoms with Crippen molar-refractivity contribution in [1.29, 1.82) is 0 Å². The number of hydrogen-bond acceptors (Lipinski definition) is 3. The molecule has 0 aliphatic heterocycles. The molecule has 3 nitrogen and oxygen atoms in total. The monoisotopic (exact) mass is 366 g/mol. The molecule has 152 valence electrons. The molecule has 2 aliphatic carbocycles. The molecule has 26 heavy (non-hydrogen) atoms. The van der Waals surface area contributed by atoms with Crippen LogP contribution in [0.15, 0.2) is 0 Å². The average molecular weight is 367 g/mol. The number of hydrogen-bond donors (Lipinski definition) is 0. The zero-order chi connectivity index (χ0) is 19.8. The molecule has 2 bridgehead atoms. The van der Waals surface area contributed by atoms with Gasteiger partial charge in [-0.05, 0) is 61.7 Å². The summed E-state index contributed by atoms with van der Waals surface area (Å²) >= 11 is 0. The Morgan fingerprint density at radius 3 is 1.88 bits per heavy atom. The fourth-order valence-corrected chi connectivity index (χ4v) is 5.38. The van der Waals surface area contributed by atoms with Gasteiger partial charge < -0.3 is 9.47 Å². The number of esters is 1. The Hall–Kier alpha value is -0.570. The van der Waals surface area contributed by atoms with Crippen molar-refractivity contribution in [1.82, 2.24) is 0 Å². The molecule has 0 aromatic carbocycles. The van der Waals surface area contributed by atoms with Gasteiger partial charge in [0.05, 0.1) is 11.5 Å². The molecule has 0 spiro atoms. The van der Waals surface area contributed by atoms with Crippen LogP contribution in [-0.2, 0) is 14.3 Å². The van der Waals surface area contributed by atoms with Crippen molar-refractivity contribution in [2.45, 2.75) is 100 Å². The van der Waals surface area contributed by atoms with Crippen molar-refractivity contribution >= 4 is 5.97 Å². The van der Waals surface area contributed by atoms with Crippen LogP contribution in [0.3, 0.4) is 0 Å². The SMILES string of the molecule is CC(OCOC(=O)C(C)(C(C)(C)C)C(C)(C)C)C1CC2CCCC(C2)C1. The highest BCUT2D eigenvalue weighted by Gasteiger charge is 2.53. The number of carbonyl (C=O) groups is 1. The first kappa shape index (κ1) is 21.7. The highest BCUT2D eigenvalue weighted by Crippen LogP contribution is 2.52. The maximum Gasteiger partial charge on any atom is 0.314 e. The van der Waals surface area contributed by atoms with Crippen LogP contribution in [0, 0.1) is 34.0 Å². The predicted octanol–water partition coefficient (Wildman–Crippen LogP) is 6.21. The standard InChI is InChI=1S/C23H42O3/c1-16(19-13-17-10-9-11-18(12-17)14-19)25-15-26-20(24)23(8,21(2,3)4)22(5,6)7/h16-19H,9-15H2,1-8H3. The summed E-state index contributed by atoms with van der Waals surface area (Å²) in [5.74, 6) is 2.26. The van der Waals surface area contributed by atoms with Gasteiger partial charge in [0.1, 0.15) is 0 Å². The van der Waals surface area contributed by atoms with E-state index >= 15 is 0 Å². The summed E-state index contributed by atoms with van der Waals surface area (Å²) < 4.78 is 11.6. The van der Waals surface area contributed by atoms with E-state index in [1.54, 1.807) is 0 Å². The number of fused-ring (bicyclic) bond motifs is 2. The van der Waals surface area contributed by atoms with Gasteiger partial charge in [-0.2, -0.15) is 0 Å². The smallest absolute Gasteiger partial charge is 0.314 e. The second kappa shape index (κ2) is 7.81. The molecule has 2 rings (SSSR count). The summed E-state index contributed by atoms with van der Waals surface area (Å²) in [7, 11) is 0. The van der Waals surface area contributed by atoms with E-state index in [0.29, 0.717) is 5.92 Å². The van der Waals surface area contributed by atoms with E-state index in [0.717, 1.165) is 11.8 Å². The van der Waals surface area contributed by atoms with E-state index in [-0.39, 0.29) is 29.7 Å². The van der Waals surface area contributed by atoms with Gasteiger partial charge >= 0.3 is 5.97 Å². The lowest BCUT2D eigenvalue weighted by Crippen LogP contribution is -2.51. The first-order chi connectivity index (χ1) is 11.9. The minimum Gasteiger partial charge on any atom is -0.438 e. The third-order valence-corrected chi connectivity index (χ3v) is 7.76. The van der Waals surface area contributed by atoms with Gasteiger partial charge in [-0.25, -0.2) is 0 Å². The topological polar surface area (TPSA) is 35.5 Å². The van der Waals surface area contributed by atoms with Crippen molar-refractivity contribution in [2.24, 2.45) is 34.0 Å². The van der Waals surface area contributed by atoms with Gasteiger partial charge in [0.15, 0.2) is 6.79 Å². The van der Waals surface area contributed by atoms with Crippen molar-refractivity contribution in [2.75, 3.05) is 6.79 Å². The van der Waals surface area contributed by atoms with E-state index in [9.17, 15) is 4.79 Å². The second-order valence-corrected chi connectivity index (χ2v) is 11.2. The van der Waals surface area contributed by atoms with Crippen molar-refractivity contribution in [3.63, 3.8) is 0 Å². The quantitative estimate of drug-likeness (QED) is 0.429. The zero-order valence-electron chi connectivity index (χ0n) is 18.5. The molecular weight excluding hydrogens is 324 g/mol. The fourth-order valence-electron chi connectivity index (χ4n) is 5.38. The van der Waals surface area contributed by atoms with Gasteiger partial charge in [-0.3, -0.25) is 4.79 Å². The lowest BCUT2D eigenvalue weighted by molar-refractivity contribution is -0.190. The third kappa shape index (κ3) is 4.46. The number of ether oxygens (including phenoxy) is 2. The summed E-state index contributed by atoms with van der Waals surface area (Å²) in [4.78, 5) is 13.0. The van der Waals surface area contributed by atoms with Crippen LogP contribution in [0.2, 0.25) is 0 Å². The second-order valence-electron chi connectivity index (χ2n) is 11.2. The lowest BCUT2D eigenvalue weighted by Gasteiger charge is -2.48. The van der Waals surface area contributed by atoms with Gasteiger partial charge in [0.2, 0.25) is 0 Å². The van der Waals surface area contributed by atoms with Crippen LogP contribution in [0.5, 0.6) is 0 Å². The minimum absolute atomic E-state index is 0.0770. The molecule has 0 saturated heterocycles. The van der Waals surface area contributed by atoms with Gasteiger partial charge in [-0.15, -0.1) is 0 Å². The molecule has 2 saturated carbocycles. The molecule has 2 aliphatic rings. The molecule has 0 heterocycles. The first-order valence-electron chi connectivity index (χ1n) is 10.6. The summed E-state index contributed by atoms with van der Waals surface area (Å²) in [5.41, 5.74) is -0.946. The number of rotatable bonds is 5. The third-order valence-electron chi connectivity index (χ3n) is 7.76. The van der Waals surface area contributed by atoms with Gasteiger partial charge in [-0.1, -0.05) is 60.8 Å². The Bertz CT molecular complexity index is 457. The Kier molecular flexibility index (Phi) is 6.53. The molecule has 3 heteroatoms. The molecule has 0 aromatic rings. The number of carbonyl (C=O) groups excluding carboxylic acids is 1. The summed E-state index contributed by atoms with van der Waals surface area (Å²) in [5, 5.41) is 0.